The zero-order chi connectivity index (χ0) is 16.8. The van der Waals surface area contributed by atoms with Crippen LogP contribution in [0.2, 0.25) is 0 Å². The number of guanidine groups is 1. The van der Waals surface area contributed by atoms with Gasteiger partial charge >= 0.3 is 0 Å². The number of nitrogens with one attached hydrogen (secondary N) is 1. The van der Waals surface area contributed by atoms with Crippen LogP contribution in [0.5, 0.6) is 0 Å². The number of aliphatic hydroxyl groups is 1. The van der Waals surface area contributed by atoms with Crippen LogP contribution < -0.4 is 5.32 Å². The molecule has 4 nitrogen and oxygen atoms in total. The van der Waals surface area contributed by atoms with Crippen LogP contribution in [0.1, 0.15) is 29.2 Å². The van der Waals surface area contributed by atoms with Crippen molar-refractivity contribution in [2.24, 2.45) is 4.99 Å². The van der Waals surface area contributed by atoms with Gasteiger partial charge in [-0.3, -0.25) is 0 Å². The molecule has 0 aromatic heterocycles. The maximum atomic E-state index is 9.47. The Hall–Kier alpha value is -1.60. The van der Waals surface area contributed by atoms with E-state index in [1.54, 1.807) is 0 Å². The minimum absolute atomic E-state index is 0. The number of halogens is 1. The van der Waals surface area contributed by atoms with Crippen molar-refractivity contribution in [1.82, 2.24) is 10.2 Å². The molecule has 2 aromatic rings. The van der Waals surface area contributed by atoms with Gasteiger partial charge in [-0.2, -0.15) is 0 Å². The summed E-state index contributed by atoms with van der Waals surface area (Å²) in [6, 6.07) is 16.6. The van der Waals surface area contributed by atoms with Crippen LogP contribution in [0.25, 0.3) is 0 Å². The monoisotopic (exact) mass is 451 g/mol. The first-order chi connectivity index (χ1) is 11.8. The summed E-state index contributed by atoms with van der Waals surface area (Å²) < 4.78 is 0. The Kier molecular flexibility index (Phi) is 7.71. The molecular weight excluding hydrogens is 425 g/mol. The summed E-state index contributed by atoms with van der Waals surface area (Å²) in [5, 5.41) is 12.9. The second-order valence-corrected chi connectivity index (χ2v) is 6.04. The van der Waals surface area contributed by atoms with Crippen LogP contribution in [-0.2, 0) is 26.1 Å². The molecule has 0 saturated carbocycles. The quantitative estimate of drug-likeness (QED) is 0.426. The van der Waals surface area contributed by atoms with Crippen molar-refractivity contribution >= 4 is 29.9 Å². The standard InChI is InChI=1S/C20H25N3O.HI/c1-2-21-20(22-13-17-8-4-6-10-19(17)15-24)23-12-11-16-7-3-5-9-18(16)14-23;/h3-10,24H,2,11-15H2,1H3,(H,21,22);1H. The van der Waals surface area contributed by atoms with Crippen LogP contribution >= 0.6 is 24.0 Å². The molecule has 134 valence electrons. The molecule has 2 aromatic carbocycles. The van der Waals surface area contributed by atoms with Gasteiger partial charge in [0.2, 0.25) is 0 Å². The minimum atomic E-state index is 0. The van der Waals surface area contributed by atoms with Gasteiger partial charge < -0.3 is 15.3 Å². The Bertz CT molecular complexity index is 718. The van der Waals surface area contributed by atoms with E-state index in [4.69, 9.17) is 4.99 Å². The third kappa shape index (κ3) is 4.95. The highest BCUT2D eigenvalue weighted by molar-refractivity contribution is 14.0. The maximum Gasteiger partial charge on any atom is 0.194 e. The summed E-state index contributed by atoms with van der Waals surface area (Å²) >= 11 is 0. The fourth-order valence-corrected chi connectivity index (χ4v) is 3.13. The van der Waals surface area contributed by atoms with Crippen molar-refractivity contribution in [2.75, 3.05) is 13.1 Å². The number of hydrogen-bond acceptors (Lipinski definition) is 2. The molecule has 0 atom stereocenters. The number of rotatable bonds is 4. The van der Waals surface area contributed by atoms with E-state index in [1.165, 1.54) is 11.1 Å². The van der Waals surface area contributed by atoms with Gasteiger partial charge in [-0.05, 0) is 35.6 Å². The average Bonchev–Trinajstić information content (AvgIpc) is 2.65. The predicted molar refractivity (Wildman–Crippen MR) is 113 cm³/mol. The molecule has 0 amide bonds. The first kappa shape index (κ1) is 19.7. The van der Waals surface area contributed by atoms with Crippen molar-refractivity contribution in [2.45, 2.75) is 33.0 Å². The van der Waals surface area contributed by atoms with E-state index >= 15 is 0 Å². The number of fused-ring (bicyclic) bond motifs is 1. The van der Waals surface area contributed by atoms with Gasteiger partial charge in [0.1, 0.15) is 0 Å². The number of benzene rings is 2. The fourth-order valence-electron chi connectivity index (χ4n) is 3.13. The third-order valence-electron chi connectivity index (χ3n) is 4.45. The highest BCUT2D eigenvalue weighted by atomic mass is 127. The van der Waals surface area contributed by atoms with Crippen molar-refractivity contribution in [3.63, 3.8) is 0 Å². The summed E-state index contributed by atoms with van der Waals surface area (Å²) in [5.41, 5.74) is 4.84. The van der Waals surface area contributed by atoms with Gasteiger partial charge in [-0.25, -0.2) is 4.99 Å². The Labute approximate surface area is 167 Å². The van der Waals surface area contributed by atoms with Gasteiger partial charge in [0.05, 0.1) is 13.2 Å². The number of aliphatic imine (C=N–C) groups is 1. The molecule has 0 saturated heterocycles. The normalized spacial score (nSPS) is 13.8. The molecular formula is C20H26IN3O. The van der Waals surface area contributed by atoms with Crippen molar-refractivity contribution in [1.29, 1.82) is 0 Å². The molecule has 0 spiro atoms. The minimum Gasteiger partial charge on any atom is -0.392 e. The molecule has 0 fully saturated rings. The second-order valence-electron chi connectivity index (χ2n) is 6.04. The molecule has 3 rings (SSSR count). The number of nitrogens with zero attached hydrogens (tertiary/aromatic N) is 2. The summed E-state index contributed by atoms with van der Waals surface area (Å²) in [4.78, 5) is 7.12. The molecule has 1 aliphatic heterocycles. The van der Waals surface area contributed by atoms with Gasteiger partial charge in [0.25, 0.3) is 0 Å². The molecule has 1 heterocycles. The van der Waals surface area contributed by atoms with Crippen molar-refractivity contribution in [3.8, 4) is 0 Å². The van der Waals surface area contributed by atoms with E-state index in [1.807, 2.05) is 24.3 Å². The lowest BCUT2D eigenvalue weighted by molar-refractivity contribution is 0.280. The zero-order valence-corrected chi connectivity index (χ0v) is 16.9. The smallest absolute Gasteiger partial charge is 0.194 e. The number of aliphatic hydroxyl groups excluding tert-OH is 1. The van der Waals surface area contributed by atoms with E-state index in [0.717, 1.165) is 43.1 Å². The lowest BCUT2D eigenvalue weighted by atomic mass is 10.0. The highest BCUT2D eigenvalue weighted by Crippen LogP contribution is 2.19. The second kappa shape index (κ2) is 9.77. The Balaban J connectivity index is 0.00000225. The van der Waals surface area contributed by atoms with Gasteiger partial charge in [0, 0.05) is 19.6 Å². The van der Waals surface area contributed by atoms with E-state index < -0.39 is 0 Å². The molecule has 1 aliphatic rings. The third-order valence-corrected chi connectivity index (χ3v) is 4.45. The Morgan fingerprint density at radius 3 is 2.48 bits per heavy atom. The highest BCUT2D eigenvalue weighted by Gasteiger charge is 2.18. The maximum absolute atomic E-state index is 9.47. The first-order valence-electron chi connectivity index (χ1n) is 8.59. The number of hydrogen-bond donors (Lipinski definition) is 2. The topological polar surface area (TPSA) is 47.9 Å². The van der Waals surface area contributed by atoms with E-state index in [2.05, 4.69) is 41.4 Å². The summed E-state index contributed by atoms with van der Waals surface area (Å²) in [7, 11) is 0. The molecule has 2 N–H and O–H groups in total. The van der Waals surface area contributed by atoms with Gasteiger partial charge in [-0.15, -0.1) is 24.0 Å². The Morgan fingerprint density at radius 2 is 1.76 bits per heavy atom. The van der Waals surface area contributed by atoms with Crippen molar-refractivity contribution in [3.05, 3.63) is 70.8 Å². The predicted octanol–water partition coefficient (Wildman–Crippen LogP) is 3.32. The molecule has 0 radical (unpaired) electrons. The largest absolute Gasteiger partial charge is 0.392 e. The lowest BCUT2D eigenvalue weighted by Crippen LogP contribution is -2.44. The van der Waals surface area contributed by atoms with Crippen LogP contribution in [0.15, 0.2) is 53.5 Å². The van der Waals surface area contributed by atoms with Crippen LogP contribution in [0.3, 0.4) is 0 Å². The summed E-state index contributed by atoms with van der Waals surface area (Å²) in [6.07, 6.45) is 1.05. The summed E-state index contributed by atoms with van der Waals surface area (Å²) in [6.45, 7) is 5.44. The van der Waals surface area contributed by atoms with E-state index in [0.29, 0.717) is 6.54 Å². The molecule has 0 aliphatic carbocycles. The first-order valence-corrected chi connectivity index (χ1v) is 8.59. The molecule has 0 bridgehead atoms. The summed E-state index contributed by atoms with van der Waals surface area (Å²) in [5.74, 6) is 0.944. The van der Waals surface area contributed by atoms with Gasteiger partial charge in [-0.1, -0.05) is 48.5 Å². The van der Waals surface area contributed by atoms with E-state index in [-0.39, 0.29) is 30.6 Å². The Morgan fingerprint density at radius 1 is 1.08 bits per heavy atom. The van der Waals surface area contributed by atoms with E-state index in [9.17, 15) is 5.11 Å². The molecule has 0 unspecified atom stereocenters. The average molecular weight is 451 g/mol. The van der Waals surface area contributed by atoms with Crippen molar-refractivity contribution < 1.29 is 5.11 Å². The van der Waals surface area contributed by atoms with Crippen LogP contribution in [0.4, 0.5) is 0 Å². The molecule has 5 heteroatoms. The SMILES string of the molecule is CCNC(=NCc1ccccc1CO)N1CCc2ccccc2C1.I. The van der Waals surface area contributed by atoms with Gasteiger partial charge in [0.15, 0.2) is 5.96 Å². The molecule has 25 heavy (non-hydrogen) atoms. The zero-order valence-electron chi connectivity index (χ0n) is 14.6. The van der Waals surface area contributed by atoms with Crippen LogP contribution in [0, 0.1) is 0 Å². The lowest BCUT2D eigenvalue weighted by Gasteiger charge is -2.31. The fraction of sp³-hybridized carbons (Fsp3) is 0.350. The van der Waals surface area contributed by atoms with Crippen LogP contribution in [-0.4, -0.2) is 29.1 Å².